The van der Waals surface area contributed by atoms with Crippen LogP contribution in [0.5, 0.6) is 0 Å². The second-order valence-corrected chi connectivity index (χ2v) is 6.52. The Morgan fingerprint density at radius 3 is 2.65 bits per heavy atom. The van der Waals surface area contributed by atoms with Crippen LogP contribution in [0.25, 0.3) is 0 Å². The number of nitrogens with zero attached hydrogens (tertiary/aromatic N) is 2. The van der Waals surface area contributed by atoms with Crippen LogP contribution in [-0.2, 0) is 9.53 Å². The first-order valence-electron chi connectivity index (χ1n) is 9.08. The smallest absolute Gasteiger partial charge is 0.219 e. The van der Waals surface area contributed by atoms with Gasteiger partial charge in [-0.15, -0.1) is 0 Å². The second-order valence-electron chi connectivity index (χ2n) is 6.52. The largest absolute Gasteiger partial charge is 0.376 e. The normalized spacial score (nSPS) is 23.1. The highest BCUT2D eigenvalue weighted by molar-refractivity contribution is 5.79. The van der Waals surface area contributed by atoms with E-state index in [1.807, 2.05) is 4.90 Å². The van der Waals surface area contributed by atoms with Crippen molar-refractivity contribution >= 4 is 11.9 Å². The van der Waals surface area contributed by atoms with E-state index in [1.165, 1.54) is 0 Å². The van der Waals surface area contributed by atoms with E-state index < -0.39 is 0 Å². The minimum Gasteiger partial charge on any atom is -0.376 e. The van der Waals surface area contributed by atoms with Gasteiger partial charge in [-0.05, 0) is 44.9 Å². The Kier molecular flexibility index (Phi) is 7.65. The fourth-order valence-corrected chi connectivity index (χ4v) is 3.25. The summed E-state index contributed by atoms with van der Waals surface area (Å²) in [6, 6.07) is 0. The molecule has 0 saturated carbocycles. The lowest BCUT2D eigenvalue weighted by atomic mass is 9.93. The molecule has 0 aliphatic carbocycles. The van der Waals surface area contributed by atoms with Gasteiger partial charge in [-0.1, -0.05) is 0 Å². The van der Waals surface area contributed by atoms with Crippen LogP contribution in [0.15, 0.2) is 4.99 Å². The Balaban J connectivity index is 1.65. The van der Waals surface area contributed by atoms with Gasteiger partial charge in [0.2, 0.25) is 5.91 Å². The summed E-state index contributed by atoms with van der Waals surface area (Å²) in [7, 11) is 0. The molecule has 0 aromatic heterocycles. The lowest BCUT2D eigenvalue weighted by molar-refractivity contribution is -0.130. The molecule has 1 atom stereocenters. The van der Waals surface area contributed by atoms with Gasteiger partial charge < -0.3 is 20.3 Å². The molecule has 6 heteroatoms. The SMILES string of the molecule is CCNC(=NC[C@@H]1CCCO1)NCCC1CCN(C(C)=O)CC1. The summed E-state index contributed by atoms with van der Waals surface area (Å²) in [5.74, 6) is 1.81. The molecule has 0 aromatic rings. The average Bonchev–Trinajstić information content (AvgIpc) is 3.06. The summed E-state index contributed by atoms with van der Waals surface area (Å²) in [6.07, 6.45) is 5.94. The van der Waals surface area contributed by atoms with Crippen molar-refractivity contribution < 1.29 is 9.53 Å². The summed E-state index contributed by atoms with van der Waals surface area (Å²) >= 11 is 0. The third-order valence-corrected chi connectivity index (χ3v) is 4.73. The highest BCUT2D eigenvalue weighted by Gasteiger charge is 2.20. The minimum absolute atomic E-state index is 0.206. The van der Waals surface area contributed by atoms with E-state index in [-0.39, 0.29) is 5.91 Å². The van der Waals surface area contributed by atoms with Crippen LogP contribution in [0.2, 0.25) is 0 Å². The maximum absolute atomic E-state index is 11.3. The van der Waals surface area contributed by atoms with Gasteiger partial charge in [-0.3, -0.25) is 9.79 Å². The molecular weight excluding hydrogens is 292 g/mol. The number of carbonyl (C=O) groups is 1. The number of amides is 1. The molecule has 0 radical (unpaired) electrons. The molecule has 0 spiro atoms. The lowest BCUT2D eigenvalue weighted by Gasteiger charge is -2.31. The van der Waals surface area contributed by atoms with Crippen molar-refractivity contribution in [3.05, 3.63) is 0 Å². The first kappa shape index (κ1) is 18.0. The average molecular weight is 324 g/mol. The molecule has 2 rings (SSSR count). The summed E-state index contributed by atoms with van der Waals surface area (Å²) in [5, 5.41) is 6.73. The number of hydrogen-bond acceptors (Lipinski definition) is 3. The molecule has 0 bridgehead atoms. The van der Waals surface area contributed by atoms with Gasteiger partial charge in [0.05, 0.1) is 12.6 Å². The Morgan fingerprint density at radius 2 is 2.04 bits per heavy atom. The van der Waals surface area contributed by atoms with Crippen molar-refractivity contribution in [3.8, 4) is 0 Å². The van der Waals surface area contributed by atoms with E-state index >= 15 is 0 Å². The van der Waals surface area contributed by atoms with Gasteiger partial charge in [-0.2, -0.15) is 0 Å². The zero-order valence-electron chi connectivity index (χ0n) is 14.6. The number of guanidine groups is 1. The third kappa shape index (κ3) is 6.37. The minimum atomic E-state index is 0.206. The van der Waals surface area contributed by atoms with Gasteiger partial charge in [0.15, 0.2) is 5.96 Å². The Hall–Kier alpha value is -1.30. The molecule has 6 nitrogen and oxygen atoms in total. The topological polar surface area (TPSA) is 66.0 Å². The summed E-state index contributed by atoms with van der Waals surface area (Å²) in [6.45, 7) is 8.99. The lowest BCUT2D eigenvalue weighted by Crippen LogP contribution is -2.40. The van der Waals surface area contributed by atoms with Crippen molar-refractivity contribution in [3.63, 3.8) is 0 Å². The Bertz CT molecular complexity index is 386. The summed E-state index contributed by atoms with van der Waals surface area (Å²) in [4.78, 5) is 17.9. The zero-order chi connectivity index (χ0) is 16.5. The molecule has 0 aromatic carbocycles. The van der Waals surface area contributed by atoms with Gasteiger partial charge >= 0.3 is 0 Å². The molecule has 2 aliphatic heterocycles. The molecule has 23 heavy (non-hydrogen) atoms. The van der Waals surface area contributed by atoms with Crippen LogP contribution < -0.4 is 10.6 Å². The number of carbonyl (C=O) groups excluding carboxylic acids is 1. The van der Waals surface area contributed by atoms with Gasteiger partial charge in [0, 0.05) is 39.7 Å². The third-order valence-electron chi connectivity index (χ3n) is 4.73. The molecular formula is C17H32N4O2. The maximum atomic E-state index is 11.3. The van der Waals surface area contributed by atoms with Crippen molar-refractivity contribution in [1.82, 2.24) is 15.5 Å². The van der Waals surface area contributed by atoms with E-state index in [0.29, 0.717) is 12.0 Å². The standard InChI is InChI=1S/C17H32N4O2/c1-3-18-17(20-13-16-5-4-12-23-16)19-9-6-15-7-10-21(11-8-15)14(2)22/h15-16H,3-13H2,1-2H3,(H2,18,19,20)/t16-/m0/s1. The highest BCUT2D eigenvalue weighted by atomic mass is 16.5. The summed E-state index contributed by atoms with van der Waals surface area (Å²) in [5.41, 5.74) is 0. The summed E-state index contributed by atoms with van der Waals surface area (Å²) < 4.78 is 5.62. The number of likely N-dealkylation sites (tertiary alicyclic amines) is 1. The quantitative estimate of drug-likeness (QED) is 0.572. The molecule has 2 aliphatic rings. The number of aliphatic imine (C=N–C) groups is 1. The molecule has 2 heterocycles. The van der Waals surface area contributed by atoms with Crippen LogP contribution >= 0.6 is 0 Å². The maximum Gasteiger partial charge on any atom is 0.219 e. The highest BCUT2D eigenvalue weighted by Crippen LogP contribution is 2.19. The van der Waals surface area contributed by atoms with Crippen LogP contribution in [0, 0.1) is 5.92 Å². The van der Waals surface area contributed by atoms with Crippen LogP contribution in [-0.4, -0.2) is 62.2 Å². The van der Waals surface area contributed by atoms with Crippen molar-refractivity contribution in [1.29, 1.82) is 0 Å². The number of hydrogen-bond donors (Lipinski definition) is 2. The Labute approximate surface area is 140 Å². The molecule has 2 saturated heterocycles. The molecule has 1 amide bonds. The number of rotatable bonds is 6. The van der Waals surface area contributed by atoms with Crippen LogP contribution in [0.3, 0.4) is 0 Å². The van der Waals surface area contributed by atoms with Crippen LogP contribution in [0.4, 0.5) is 0 Å². The van der Waals surface area contributed by atoms with Crippen molar-refractivity contribution in [2.45, 2.75) is 52.1 Å². The Morgan fingerprint density at radius 1 is 1.26 bits per heavy atom. The zero-order valence-corrected chi connectivity index (χ0v) is 14.6. The fraction of sp³-hybridized carbons (Fsp3) is 0.882. The predicted molar refractivity (Wildman–Crippen MR) is 92.6 cm³/mol. The van der Waals surface area contributed by atoms with Crippen molar-refractivity contribution in [2.75, 3.05) is 39.3 Å². The number of nitrogens with one attached hydrogen (secondary N) is 2. The molecule has 2 N–H and O–H groups in total. The number of piperidine rings is 1. The molecule has 132 valence electrons. The van der Waals surface area contributed by atoms with E-state index in [4.69, 9.17) is 4.74 Å². The van der Waals surface area contributed by atoms with Crippen LogP contribution in [0.1, 0.15) is 46.0 Å². The van der Waals surface area contributed by atoms with E-state index in [0.717, 1.165) is 77.4 Å². The first-order chi connectivity index (χ1) is 11.2. The van der Waals surface area contributed by atoms with E-state index in [9.17, 15) is 4.79 Å². The molecule has 0 unspecified atom stereocenters. The van der Waals surface area contributed by atoms with Gasteiger partial charge in [0.25, 0.3) is 0 Å². The predicted octanol–water partition coefficient (Wildman–Crippen LogP) is 1.37. The van der Waals surface area contributed by atoms with Gasteiger partial charge in [0.1, 0.15) is 0 Å². The van der Waals surface area contributed by atoms with Crippen molar-refractivity contribution in [2.24, 2.45) is 10.9 Å². The second kappa shape index (κ2) is 9.75. The first-order valence-corrected chi connectivity index (χ1v) is 9.08. The van der Waals surface area contributed by atoms with E-state index in [2.05, 4.69) is 22.5 Å². The van der Waals surface area contributed by atoms with Gasteiger partial charge in [-0.25, -0.2) is 0 Å². The molecule has 2 fully saturated rings. The monoisotopic (exact) mass is 324 g/mol. The fourth-order valence-electron chi connectivity index (χ4n) is 3.25. The number of ether oxygens (including phenoxy) is 1. The van der Waals surface area contributed by atoms with E-state index in [1.54, 1.807) is 6.92 Å².